The number of hydrogen-bond acceptors (Lipinski definition) is 11. The topological polar surface area (TPSA) is 186 Å². The average molecular weight is 1040 g/mol. The number of nitrogens with one attached hydrogen (secondary N) is 3. The number of rotatable bonds is 14. The number of amides is 1. The summed E-state index contributed by atoms with van der Waals surface area (Å²) in [5, 5.41) is 4.20. The van der Waals surface area contributed by atoms with Gasteiger partial charge >= 0.3 is 5.51 Å². The first-order chi connectivity index (χ1) is 33.1. The maximum absolute atomic E-state index is 14.1. The number of aromatic amines is 1. The van der Waals surface area contributed by atoms with Crippen molar-refractivity contribution in [1.29, 1.82) is 0 Å². The van der Waals surface area contributed by atoms with Gasteiger partial charge in [-0.25, -0.2) is 26.5 Å². The SMILES string of the molecule is CC1(C)CCC(CN2CCN(c3ccc(C(=O)NS(=O)(=O)c4ccc(NCC5CC[SH](O)(=NC6CC6)CC5)c(S(=O)(=O)C(F)(F)F)c4)c(Oc4cnc5[nH]ccc5c4)c3)CC2)=C(c2ccc(Cl)cc2)C1. The van der Waals surface area contributed by atoms with Crippen LogP contribution in [0.2, 0.25) is 5.02 Å². The lowest BCUT2D eigenvalue weighted by molar-refractivity contribution is -0.0435. The summed E-state index contributed by atoms with van der Waals surface area (Å²) in [6.07, 6.45) is 9.20. The Kier molecular flexibility index (Phi) is 14.0. The number of allylic oxidation sites excluding steroid dienone is 1. The first-order valence-corrected chi connectivity index (χ1v) is 28.8. The highest BCUT2D eigenvalue weighted by atomic mass is 35.5. The highest BCUT2D eigenvalue weighted by molar-refractivity contribution is 8.00. The smallest absolute Gasteiger partial charge is 0.455 e. The number of carbonyl (C=O) groups excluding carboxylic acids is 1. The molecule has 0 radical (unpaired) electrons. The Hall–Kier alpha value is -4.99. The molecular formula is C49H57ClF3N7O7S3. The van der Waals surface area contributed by atoms with Crippen molar-refractivity contribution in [2.75, 3.05) is 61.0 Å². The van der Waals surface area contributed by atoms with Crippen LogP contribution < -0.4 is 19.7 Å². The molecule has 0 bridgehead atoms. The fourth-order valence-electron chi connectivity index (χ4n) is 9.48. The van der Waals surface area contributed by atoms with Crippen LogP contribution in [0.1, 0.15) is 74.7 Å². The number of hydrogen-bond donors (Lipinski definition) is 5. The number of nitrogens with zero attached hydrogens (tertiary/aromatic N) is 4. The van der Waals surface area contributed by atoms with Crippen LogP contribution in [0.15, 0.2) is 105 Å². The van der Waals surface area contributed by atoms with E-state index in [-0.39, 0.29) is 41.0 Å². The molecule has 3 fully saturated rings. The van der Waals surface area contributed by atoms with Gasteiger partial charge in [-0.05, 0) is 122 Å². The van der Waals surface area contributed by atoms with Crippen molar-refractivity contribution in [2.24, 2.45) is 15.7 Å². The summed E-state index contributed by atoms with van der Waals surface area (Å²) in [7, 11) is -13.5. The Balaban J connectivity index is 0.937. The van der Waals surface area contributed by atoms with Crippen molar-refractivity contribution >= 4 is 75.5 Å². The fourth-order valence-corrected chi connectivity index (χ4v) is 14.5. The van der Waals surface area contributed by atoms with Crippen LogP contribution in [0.25, 0.3) is 16.6 Å². The van der Waals surface area contributed by atoms with Crippen LogP contribution in [0.5, 0.6) is 11.5 Å². The minimum Gasteiger partial charge on any atom is -0.455 e. The van der Waals surface area contributed by atoms with Gasteiger partial charge in [-0.2, -0.15) is 13.2 Å². The summed E-state index contributed by atoms with van der Waals surface area (Å²) < 4.78 is 120. The summed E-state index contributed by atoms with van der Waals surface area (Å²) in [5.41, 5.74) is -0.982. The van der Waals surface area contributed by atoms with Gasteiger partial charge in [0.15, 0.2) is 0 Å². The molecule has 2 aliphatic heterocycles. The monoisotopic (exact) mass is 1040 g/mol. The highest BCUT2D eigenvalue weighted by Crippen LogP contribution is 2.44. The van der Waals surface area contributed by atoms with Gasteiger partial charge in [-0.3, -0.25) is 14.1 Å². The number of thiol groups is 1. The van der Waals surface area contributed by atoms with Gasteiger partial charge in [0, 0.05) is 79.1 Å². The average Bonchev–Trinajstić information content (AvgIpc) is 4.00. The number of alkyl halides is 3. The van der Waals surface area contributed by atoms with Crippen LogP contribution in [0, 0.1) is 11.3 Å². The number of benzene rings is 3. The summed E-state index contributed by atoms with van der Waals surface area (Å²) in [4.78, 5) is 23.8. The lowest BCUT2D eigenvalue weighted by atomic mass is 9.72. The van der Waals surface area contributed by atoms with Gasteiger partial charge in [0.05, 0.1) is 28.4 Å². The molecule has 70 heavy (non-hydrogen) atoms. The summed E-state index contributed by atoms with van der Waals surface area (Å²) >= 11 is 6.24. The van der Waals surface area contributed by atoms with Crippen LogP contribution in [0.4, 0.5) is 24.5 Å². The second kappa shape index (κ2) is 19.6. The van der Waals surface area contributed by atoms with E-state index in [0.29, 0.717) is 65.2 Å². The Morgan fingerprint density at radius 3 is 2.40 bits per heavy atom. The van der Waals surface area contributed by atoms with E-state index in [4.69, 9.17) is 16.3 Å². The highest BCUT2D eigenvalue weighted by Gasteiger charge is 2.48. The number of ether oxygens (including phenoxy) is 1. The molecule has 9 rings (SSSR count). The second-order valence-corrected chi connectivity index (χ2v) is 26.5. The second-order valence-electron chi connectivity index (χ2n) is 19.6. The predicted octanol–water partition coefficient (Wildman–Crippen LogP) is 9.73. The minimum atomic E-state index is -6.08. The molecule has 376 valence electrons. The van der Waals surface area contributed by atoms with Gasteiger partial charge in [0.2, 0.25) is 0 Å². The molecule has 1 amide bonds. The van der Waals surface area contributed by atoms with Crippen molar-refractivity contribution in [3.05, 3.63) is 107 Å². The first-order valence-electron chi connectivity index (χ1n) is 23.4. The molecule has 2 aromatic heterocycles. The van der Waals surface area contributed by atoms with E-state index in [2.05, 4.69) is 55.4 Å². The Bertz CT molecular complexity index is 3100. The molecule has 0 spiro atoms. The van der Waals surface area contributed by atoms with E-state index >= 15 is 0 Å². The van der Waals surface area contributed by atoms with Gasteiger partial charge < -0.3 is 24.5 Å². The molecule has 3 aromatic carbocycles. The van der Waals surface area contributed by atoms with Crippen molar-refractivity contribution in [3.8, 4) is 11.5 Å². The molecule has 1 saturated carbocycles. The standard InChI is InChI=1S/C49H57ClF3N7O7S3/c1-48(2)17-13-35(42(28-48)33-3-5-36(50)6-4-33)31-59-19-21-60(22-20-59)38-9-11-41(44(26-38)67-39-25-34-14-18-54-46(34)56-30-39)47(61)58-70(65,66)40-10-12-43(45(27-40)69(63,64)49(51,52)53)55-29-32-15-23-68(62,24-16-32)57-37-7-8-37/h3-6,9-12,14,18,25-27,30,32,37,55,68H,7-8,13,15-17,19-24,28-29,31H2,1-2H3,(H,54,56)(H,57,62)(H,58,61). The van der Waals surface area contributed by atoms with Crippen LogP contribution in [-0.2, 0) is 30.0 Å². The molecule has 14 nitrogen and oxygen atoms in total. The number of piperazine rings is 1. The molecular weight excluding hydrogens is 987 g/mol. The number of carbonyl (C=O) groups is 1. The summed E-state index contributed by atoms with van der Waals surface area (Å²) in [6, 6.07) is 18.7. The third-order valence-electron chi connectivity index (χ3n) is 13.7. The van der Waals surface area contributed by atoms with Crippen molar-refractivity contribution in [2.45, 2.75) is 80.1 Å². The molecule has 4 heterocycles. The first kappa shape index (κ1) is 50.0. The van der Waals surface area contributed by atoms with Gasteiger partial charge in [0.25, 0.3) is 25.8 Å². The lowest BCUT2D eigenvalue weighted by Crippen LogP contribution is -2.47. The van der Waals surface area contributed by atoms with Gasteiger partial charge in [-0.1, -0.05) is 43.2 Å². The van der Waals surface area contributed by atoms with E-state index in [1.165, 1.54) is 29.0 Å². The molecule has 5 aromatic rings. The quantitative estimate of drug-likeness (QED) is 0.0667. The zero-order valence-corrected chi connectivity index (χ0v) is 42.1. The van der Waals surface area contributed by atoms with Gasteiger partial charge in [-0.15, -0.1) is 10.1 Å². The fraction of sp³-hybridized carbons (Fsp3) is 0.429. The zero-order valence-electron chi connectivity index (χ0n) is 38.8. The van der Waals surface area contributed by atoms with E-state index in [1.54, 1.807) is 30.5 Å². The maximum atomic E-state index is 14.1. The number of sulfonamides is 1. The zero-order chi connectivity index (χ0) is 49.6. The van der Waals surface area contributed by atoms with Crippen LogP contribution in [-0.4, -0.2) is 104 Å². The number of H-pyrrole nitrogens is 1. The molecule has 0 unspecified atom stereocenters. The summed E-state index contributed by atoms with van der Waals surface area (Å²) in [6.45, 7) is 8.28. The molecule has 2 aliphatic carbocycles. The number of anilines is 2. The van der Waals surface area contributed by atoms with E-state index in [1.807, 2.05) is 16.9 Å². The van der Waals surface area contributed by atoms with Crippen molar-refractivity contribution in [1.82, 2.24) is 19.6 Å². The normalized spacial score (nSPS) is 20.5. The number of fused-ring (bicyclic) bond motifs is 1. The Morgan fingerprint density at radius 2 is 1.70 bits per heavy atom. The Labute approximate surface area is 412 Å². The molecule has 2 saturated heterocycles. The van der Waals surface area contributed by atoms with Crippen LogP contribution >= 0.6 is 11.6 Å². The third-order valence-corrected chi connectivity index (χ3v) is 19.5. The summed E-state index contributed by atoms with van der Waals surface area (Å²) in [5.74, 6) is -0.0991. The lowest BCUT2D eigenvalue weighted by Gasteiger charge is -2.39. The van der Waals surface area contributed by atoms with Gasteiger partial charge in [0.1, 0.15) is 22.0 Å². The molecule has 4 aliphatic rings. The number of aromatic nitrogens is 2. The van der Waals surface area contributed by atoms with E-state index < -0.39 is 56.9 Å². The molecule has 4 N–H and O–H groups in total. The predicted molar refractivity (Wildman–Crippen MR) is 269 cm³/mol. The Morgan fingerprint density at radius 1 is 0.971 bits per heavy atom. The third kappa shape index (κ3) is 11.4. The minimum absolute atomic E-state index is 0.0173. The van der Waals surface area contributed by atoms with E-state index in [0.717, 1.165) is 63.9 Å². The molecule has 0 atom stereocenters. The largest absolute Gasteiger partial charge is 0.501 e. The van der Waals surface area contributed by atoms with Crippen molar-refractivity contribution in [3.63, 3.8) is 0 Å². The van der Waals surface area contributed by atoms with E-state index in [9.17, 15) is 39.4 Å². The van der Waals surface area contributed by atoms with Crippen molar-refractivity contribution < 1.29 is 44.1 Å². The number of sulfone groups is 1. The number of halogens is 4. The number of pyridine rings is 1. The molecule has 21 heteroatoms. The van der Waals surface area contributed by atoms with Crippen LogP contribution in [0.3, 0.4) is 0 Å². The maximum Gasteiger partial charge on any atom is 0.501 e.